The summed E-state index contributed by atoms with van der Waals surface area (Å²) in [5.41, 5.74) is 2.90. The molecular formula is C32H31Br2N3O4S. The standard InChI is InChI=1S/C32H31Br2N3O4S/c1-23-11-17-29(18-12-23)42(40,41)37(28-10-6-9-27(34)20-28)22-31(38)36(21-25-13-15-26(33)16-14-25)30(32(39)35-2)19-24-7-4-3-5-8-24/h3-18,20,30H,19,21-22H2,1-2H3,(H,35,39). The second kappa shape index (κ2) is 14.1. The van der Waals surface area contributed by atoms with Crippen LogP contribution in [0.3, 0.4) is 0 Å². The van der Waals surface area contributed by atoms with Gasteiger partial charge in [0.15, 0.2) is 0 Å². The highest BCUT2D eigenvalue weighted by molar-refractivity contribution is 9.10. The number of hydrogen-bond acceptors (Lipinski definition) is 4. The predicted molar refractivity (Wildman–Crippen MR) is 173 cm³/mol. The zero-order chi connectivity index (χ0) is 30.3. The second-order valence-corrected chi connectivity index (χ2v) is 13.5. The molecule has 4 aromatic carbocycles. The summed E-state index contributed by atoms with van der Waals surface area (Å²) in [4.78, 5) is 29.1. The van der Waals surface area contributed by atoms with Gasteiger partial charge in [-0.2, -0.15) is 0 Å². The molecule has 0 fully saturated rings. The van der Waals surface area contributed by atoms with Crippen LogP contribution in [0.25, 0.3) is 0 Å². The first-order valence-corrected chi connectivity index (χ1v) is 16.3. The summed E-state index contributed by atoms with van der Waals surface area (Å²) in [5.74, 6) is -0.863. The van der Waals surface area contributed by atoms with E-state index in [1.807, 2.05) is 61.5 Å². The van der Waals surface area contributed by atoms with Gasteiger partial charge in [-0.3, -0.25) is 13.9 Å². The molecule has 1 atom stereocenters. The number of anilines is 1. The van der Waals surface area contributed by atoms with Crippen LogP contribution in [0.15, 0.2) is 117 Å². The Morgan fingerprint density at radius 1 is 0.810 bits per heavy atom. The molecule has 0 saturated heterocycles. The van der Waals surface area contributed by atoms with Crippen LogP contribution in [0.1, 0.15) is 16.7 Å². The molecule has 0 aromatic heterocycles. The molecule has 2 amide bonds. The van der Waals surface area contributed by atoms with Crippen molar-refractivity contribution in [3.05, 3.63) is 129 Å². The largest absolute Gasteiger partial charge is 0.357 e. The van der Waals surface area contributed by atoms with E-state index in [2.05, 4.69) is 37.2 Å². The Labute approximate surface area is 263 Å². The van der Waals surface area contributed by atoms with Gasteiger partial charge < -0.3 is 10.2 Å². The Morgan fingerprint density at radius 3 is 2.10 bits per heavy atom. The van der Waals surface area contributed by atoms with Crippen molar-refractivity contribution in [3.8, 4) is 0 Å². The van der Waals surface area contributed by atoms with Crippen LogP contribution in [0.4, 0.5) is 5.69 Å². The predicted octanol–water partition coefficient (Wildman–Crippen LogP) is 6.10. The summed E-state index contributed by atoms with van der Waals surface area (Å²) in [6.07, 6.45) is 0.254. The van der Waals surface area contributed by atoms with Gasteiger partial charge in [0.25, 0.3) is 10.0 Å². The van der Waals surface area contributed by atoms with Crippen LogP contribution < -0.4 is 9.62 Å². The van der Waals surface area contributed by atoms with Crippen molar-refractivity contribution in [3.63, 3.8) is 0 Å². The van der Waals surface area contributed by atoms with Gasteiger partial charge in [-0.1, -0.05) is 98.1 Å². The molecule has 1 unspecified atom stereocenters. The number of hydrogen-bond donors (Lipinski definition) is 1. The Kier molecular flexibility index (Phi) is 10.6. The van der Waals surface area contributed by atoms with Crippen molar-refractivity contribution in [2.75, 3.05) is 17.9 Å². The molecule has 4 aromatic rings. The smallest absolute Gasteiger partial charge is 0.264 e. The van der Waals surface area contributed by atoms with Crippen LogP contribution in [0.2, 0.25) is 0 Å². The van der Waals surface area contributed by atoms with Crippen molar-refractivity contribution >= 4 is 59.4 Å². The number of benzene rings is 4. The minimum atomic E-state index is -4.15. The van der Waals surface area contributed by atoms with Crippen molar-refractivity contribution in [2.45, 2.75) is 30.8 Å². The van der Waals surface area contributed by atoms with E-state index in [0.29, 0.717) is 10.2 Å². The lowest BCUT2D eigenvalue weighted by atomic mass is 10.0. The van der Waals surface area contributed by atoms with Gasteiger partial charge in [0, 0.05) is 29.0 Å². The van der Waals surface area contributed by atoms with E-state index in [9.17, 15) is 18.0 Å². The number of amides is 2. The van der Waals surface area contributed by atoms with Gasteiger partial charge in [-0.05, 0) is 60.5 Å². The molecule has 0 radical (unpaired) electrons. The summed E-state index contributed by atoms with van der Waals surface area (Å²) >= 11 is 6.86. The highest BCUT2D eigenvalue weighted by atomic mass is 79.9. The summed E-state index contributed by atoms with van der Waals surface area (Å²) in [6, 6.07) is 29.3. The molecule has 0 bridgehead atoms. The van der Waals surface area contributed by atoms with Crippen molar-refractivity contribution in [1.82, 2.24) is 10.2 Å². The lowest BCUT2D eigenvalue weighted by Gasteiger charge is -2.33. The number of likely N-dealkylation sites (N-methyl/N-ethyl adjacent to an activating group) is 1. The average Bonchev–Trinajstić information content (AvgIpc) is 2.98. The summed E-state index contributed by atoms with van der Waals surface area (Å²) in [6.45, 7) is 1.47. The van der Waals surface area contributed by atoms with Gasteiger partial charge in [0.1, 0.15) is 12.6 Å². The van der Waals surface area contributed by atoms with E-state index in [1.54, 1.807) is 36.4 Å². The van der Waals surface area contributed by atoms with Crippen molar-refractivity contribution in [2.24, 2.45) is 0 Å². The lowest BCUT2D eigenvalue weighted by Crippen LogP contribution is -2.53. The maximum Gasteiger partial charge on any atom is 0.264 e. The molecule has 1 N–H and O–H groups in total. The Morgan fingerprint density at radius 2 is 1.48 bits per heavy atom. The maximum absolute atomic E-state index is 14.3. The number of rotatable bonds is 11. The lowest BCUT2D eigenvalue weighted by molar-refractivity contribution is -0.139. The summed E-state index contributed by atoms with van der Waals surface area (Å²) < 4.78 is 30.7. The fraction of sp³-hybridized carbons (Fsp3) is 0.188. The maximum atomic E-state index is 14.3. The van der Waals surface area contributed by atoms with E-state index in [0.717, 1.165) is 25.5 Å². The van der Waals surface area contributed by atoms with E-state index in [1.165, 1.54) is 24.1 Å². The molecule has 0 aliphatic rings. The first kappa shape index (κ1) is 31.5. The van der Waals surface area contributed by atoms with Gasteiger partial charge in [0.2, 0.25) is 11.8 Å². The molecule has 4 rings (SSSR count). The average molecular weight is 713 g/mol. The summed E-state index contributed by atoms with van der Waals surface area (Å²) in [7, 11) is -2.62. The molecule has 0 heterocycles. The van der Waals surface area contributed by atoms with E-state index >= 15 is 0 Å². The Hall–Kier alpha value is -3.47. The van der Waals surface area contributed by atoms with Crippen LogP contribution in [0, 0.1) is 6.92 Å². The number of carbonyl (C=O) groups excluding carboxylic acids is 2. The van der Waals surface area contributed by atoms with Crippen molar-refractivity contribution in [1.29, 1.82) is 0 Å². The second-order valence-electron chi connectivity index (χ2n) is 9.77. The zero-order valence-electron chi connectivity index (χ0n) is 23.2. The van der Waals surface area contributed by atoms with Gasteiger partial charge >= 0.3 is 0 Å². The van der Waals surface area contributed by atoms with E-state index in [-0.39, 0.29) is 23.8 Å². The Bertz CT molecular complexity index is 1630. The van der Waals surface area contributed by atoms with Gasteiger partial charge in [-0.25, -0.2) is 8.42 Å². The first-order valence-electron chi connectivity index (χ1n) is 13.2. The number of sulfonamides is 1. The van der Waals surface area contributed by atoms with Gasteiger partial charge in [-0.15, -0.1) is 0 Å². The Balaban J connectivity index is 1.78. The third kappa shape index (κ3) is 7.87. The molecule has 7 nitrogen and oxygen atoms in total. The fourth-order valence-electron chi connectivity index (χ4n) is 4.50. The SMILES string of the molecule is CNC(=O)C(Cc1ccccc1)N(Cc1ccc(Br)cc1)C(=O)CN(c1cccc(Br)c1)S(=O)(=O)c1ccc(C)cc1. The number of aryl methyl sites for hydroxylation is 1. The quantitative estimate of drug-likeness (QED) is 0.204. The van der Waals surface area contributed by atoms with Crippen LogP contribution >= 0.6 is 31.9 Å². The summed E-state index contributed by atoms with van der Waals surface area (Å²) in [5, 5.41) is 2.69. The third-order valence-corrected chi connectivity index (χ3v) is 9.58. The number of nitrogens with zero attached hydrogens (tertiary/aromatic N) is 2. The third-order valence-electron chi connectivity index (χ3n) is 6.77. The molecular weight excluding hydrogens is 682 g/mol. The first-order chi connectivity index (χ1) is 20.1. The minimum absolute atomic E-state index is 0.0625. The normalized spacial score (nSPS) is 11.9. The fourth-order valence-corrected chi connectivity index (χ4v) is 6.56. The van der Waals surface area contributed by atoms with Crippen LogP contribution in [-0.4, -0.2) is 44.8 Å². The minimum Gasteiger partial charge on any atom is -0.357 e. The molecule has 0 spiro atoms. The topological polar surface area (TPSA) is 86.8 Å². The van der Waals surface area contributed by atoms with Crippen molar-refractivity contribution < 1.29 is 18.0 Å². The number of halogens is 2. The highest BCUT2D eigenvalue weighted by Gasteiger charge is 2.34. The monoisotopic (exact) mass is 711 g/mol. The van der Waals surface area contributed by atoms with E-state index < -0.39 is 28.5 Å². The molecule has 218 valence electrons. The molecule has 10 heteroatoms. The molecule has 0 saturated carbocycles. The number of carbonyl (C=O) groups is 2. The molecule has 0 aliphatic heterocycles. The molecule has 42 heavy (non-hydrogen) atoms. The van der Waals surface area contributed by atoms with E-state index in [4.69, 9.17) is 0 Å². The highest BCUT2D eigenvalue weighted by Crippen LogP contribution is 2.27. The zero-order valence-corrected chi connectivity index (χ0v) is 27.2. The molecule has 0 aliphatic carbocycles. The van der Waals surface area contributed by atoms with Crippen LogP contribution in [-0.2, 0) is 32.6 Å². The van der Waals surface area contributed by atoms with Crippen LogP contribution in [0.5, 0.6) is 0 Å². The number of nitrogens with one attached hydrogen (secondary N) is 1. The van der Waals surface area contributed by atoms with Gasteiger partial charge in [0.05, 0.1) is 10.6 Å².